The highest BCUT2D eigenvalue weighted by atomic mass is 16.6. The fraction of sp³-hybridized carbons (Fsp3) is 0.118. The molecule has 1 aromatic heterocycles. The number of hydrogen-bond acceptors (Lipinski definition) is 7. The van der Waals surface area contributed by atoms with Crippen LogP contribution in [0.1, 0.15) is 27.8 Å². The third-order valence-corrected chi connectivity index (χ3v) is 6.72. The molecule has 0 fully saturated rings. The molecule has 0 amide bonds. The van der Waals surface area contributed by atoms with Crippen molar-refractivity contribution in [1.82, 2.24) is 0 Å². The van der Waals surface area contributed by atoms with E-state index in [0.717, 1.165) is 27.8 Å². The summed E-state index contributed by atoms with van der Waals surface area (Å²) in [6.07, 6.45) is 1.61. The zero-order chi connectivity index (χ0) is 29.6. The molecule has 8 nitrogen and oxygen atoms in total. The first-order valence-corrected chi connectivity index (χ1v) is 13.2. The predicted octanol–water partition coefficient (Wildman–Crippen LogP) is 8.35. The molecule has 1 heterocycles. The van der Waals surface area contributed by atoms with Crippen LogP contribution in [0.4, 0.5) is 11.6 Å². The van der Waals surface area contributed by atoms with E-state index in [-0.39, 0.29) is 18.2 Å². The van der Waals surface area contributed by atoms with Gasteiger partial charge in [0.2, 0.25) is 5.88 Å². The summed E-state index contributed by atoms with van der Waals surface area (Å²) in [5, 5.41) is 21.1. The van der Waals surface area contributed by atoms with Crippen molar-refractivity contribution in [3.63, 3.8) is 0 Å². The number of furan rings is 1. The van der Waals surface area contributed by atoms with Gasteiger partial charge in [-0.25, -0.2) is 4.99 Å². The molecule has 208 valence electrons. The van der Waals surface area contributed by atoms with Crippen LogP contribution in [0.15, 0.2) is 100 Å². The topological polar surface area (TPSA) is 111 Å². The van der Waals surface area contributed by atoms with Crippen LogP contribution >= 0.6 is 0 Å². The molecule has 0 radical (unpaired) electrons. The maximum Gasteiger partial charge on any atom is 0.269 e. The summed E-state index contributed by atoms with van der Waals surface area (Å²) >= 11 is 0. The number of methoxy groups -OCH3 is 1. The van der Waals surface area contributed by atoms with Gasteiger partial charge in [0.15, 0.2) is 11.5 Å². The van der Waals surface area contributed by atoms with E-state index in [9.17, 15) is 15.4 Å². The molecule has 0 bridgehead atoms. The average molecular weight is 558 g/mol. The van der Waals surface area contributed by atoms with Crippen molar-refractivity contribution in [3.05, 3.63) is 129 Å². The van der Waals surface area contributed by atoms with Crippen LogP contribution < -0.4 is 9.47 Å². The van der Waals surface area contributed by atoms with Crippen LogP contribution in [0, 0.1) is 35.3 Å². The number of benzene rings is 4. The summed E-state index contributed by atoms with van der Waals surface area (Å²) in [6.45, 7) is 4.24. The fourth-order valence-electron chi connectivity index (χ4n) is 4.41. The molecular formula is C34H27N3O5. The molecule has 4 aromatic carbocycles. The molecule has 42 heavy (non-hydrogen) atoms. The molecule has 8 heteroatoms. The smallest absolute Gasteiger partial charge is 0.269 e. The zero-order valence-electron chi connectivity index (χ0n) is 23.3. The van der Waals surface area contributed by atoms with Crippen molar-refractivity contribution in [3.8, 4) is 40.0 Å². The molecule has 0 aliphatic carbocycles. The third-order valence-electron chi connectivity index (χ3n) is 6.72. The normalized spacial score (nSPS) is 10.9. The van der Waals surface area contributed by atoms with Crippen molar-refractivity contribution in [2.24, 2.45) is 4.99 Å². The van der Waals surface area contributed by atoms with Gasteiger partial charge in [-0.2, -0.15) is 5.26 Å². The predicted molar refractivity (Wildman–Crippen MR) is 161 cm³/mol. The Bertz CT molecular complexity index is 1800. The average Bonchev–Trinajstić information content (AvgIpc) is 3.38. The standard InChI is InChI=1S/C34H27N3O5/c1-22-4-11-26(12-5-22)32-29(19-35)34(42-33(32)27-13-6-23(2)7-14-27)36-20-25-10-17-30(31(18-25)40-3)41-21-24-8-15-28(16-9-24)37(38)39/h4-18,20H,21H2,1-3H3. The number of nitro groups is 1. The Morgan fingerprint density at radius 3 is 2.14 bits per heavy atom. The van der Waals surface area contributed by atoms with Crippen LogP contribution in [0.2, 0.25) is 0 Å². The molecule has 0 unspecified atom stereocenters. The van der Waals surface area contributed by atoms with Crippen molar-refractivity contribution in [2.75, 3.05) is 7.11 Å². The van der Waals surface area contributed by atoms with Crippen molar-refractivity contribution < 1.29 is 18.8 Å². The van der Waals surface area contributed by atoms with Crippen molar-refractivity contribution in [2.45, 2.75) is 20.5 Å². The van der Waals surface area contributed by atoms with Crippen LogP contribution in [0.3, 0.4) is 0 Å². The number of rotatable bonds is 9. The summed E-state index contributed by atoms with van der Waals surface area (Å²) < 4.78 is 17.7. The highest BCUT2D eigenvalue weighted by Gasteiger charge is 2.23. The van der Waals surface area contributed by atoms with Crippen LogP contribution in [-0.2, 0) is 6.61 Å². The molecule has 5 aromatic rings. The van der Waals surface area contributed by atoms with E-state index in [4.69, 9.17) is 13.9 Å². The van der Waals surface area contributed by atoms with Gasteiger partial charge in [-0.1, -0.05) is 59.7 Å². The summed E-state index contributed by atoms with van der Waals surface area (Å²) in [4.78, 5) is 15.0. The van der Waals surface area contributed by atoms with E-state index >= 15 is 0 Å². The van der Waals surface area contributed by atoms with Gasteiger partial charge in [0.1, 0.15) is 24.0 Å². The SMILES string of the molecule is COc1cc(C=Nc2oc(-c3ccc(C)cc3)c(-c3ccc(C)cc3)c2C#N)ccc1OCc1ccc([N+](=O)[O-])cc1. The molecule has 5 rings (SSSR count). The van der Waals surface area contributed by atoms with Gasteiger partial charge < -0.3 is 13.9 Å². The molecule has 0 saturated carbocycles. The second-order valence-corrected chi connectivity index (χ2v) is 9.71. The van der Waals surface area contributed by atoms with Gasteiger partial charge in [-0.3, -0.25) is 10.1 Å². The molecular weight excluding hydrogens is 530 g/mol. The van der Waals surface area contributed by atoms with Crippen molar-refractivity contribution in [1.29, 1.82) is 5.26 Å². The summed E-state index contributed by atoms with van der Waals surface area (Å²) in [5.41, 5.74) is 6.52. The molecule has 0 N–H and O–H groups in total. The quantitative estimate of drug-likeness (QED) is 0.102. The Balaban J connectivity index is 1.44. The highest BCUT2D eigenvalue weighted by molar-refractivity contribution is 5.90. The molecule has 0 aliphatic heterocycles. The first-order valence-electron chi connectivity index (χ1n) is 13.2. The first-order chi connectivity index (χ1) is 20.4. The zero-order valence-corrected chi connectivity index (χ0v) is 23.3. The fourth-order valence-corrected chi connectivity index (χ4v) is 4.41. The summed E-state index contributed by atoms with van der Waals surface area (Å²) in [5.74, 6) is 1.78. The molecule has 0 aliphatic rings. The lowest BCUT2D eigenvalue weighted by molar-refractivity contribution is -0.384. The van der Waals surface area contributed by atoms with Crippen molar-refractivity contribution >= 4 is 17.8 Å². The van der Waals surface area contributed by atoms with Gasteiger partial charge in [0.05, 0.1) is 12.0 Å². The van der Waals surface area contributed by atoms with Gasteiger partial charge in [0.25, 0.3) is 5.69 Å². The minimum absolute atomic E-state index is 0.0213. The number of ether oxygens (including phenoxy) is 2. The monoisotopic (exact) mass is 557 g/mol. The first kappa shape index (κ1) is 27.9. The Morgan fingerprint density at radius 2 is 1.55 bits per heavy atom. The van der Waals surface area contributed by atoms with Gasteiger partial charge in [0, 0.05) is 29.5 Å². The van der Waals surface area contributed by atoms with Crippen LogP contribution in [0.5, 0.6) is 11.5 Å². The number of nitriles is 1. The number of nitro benzene ring substituents is 1. The Hall–Kier alpha value is -5.68. The second-order valence-electron chi connectivity index (χ2n) is 9.71. The lowest BCUT2D eigenvalue weighted by Gasteiger charge is -2.11. The van der Waals surface area contributed by atoms with Crippen LogP contribution in [0.25, 0.3) is 22.5 Å². The second kappa shape index (κ2) is 12.2. The molecule has 0 spiro atoms. The number of aryl methyl sites for hydroxylation is 2. The van der Waals surface area contributed by atoms with E-state index in [1.807, 2.05) is 68.4 Å². The summed E-state index contributed by atoms with van der Waals surface area (Å²) in [6, 6.07) is 29.7. The Labute approximate surface area is 243 Å². The Kier molecular flexibility index (Phi) is 8.12. The van der Waals surface area contributed by atoms with Gasteiger partial charge >= 0.3 is 0 Å². The number of non-ortho nitro benzene ring substituents is 1. The van der Waals surface area contributed by atoms with Gasteiger partial charge in [-0.15, -0.1) is 0 Å². The van der Waals surface area contributed by atoms with E-state index in [2.05, 4.69) is 11.1 Å². The maximum absolute atomic E-state index is 10.9. The lowest BCUT2D eigenvalue weighted by atomic mass is 9.97. The lowest BCUT2D eigenvalue weighted by Crippen LogP contribution is -1.99. The molecule has 0 atom stereocenters. The van der Waals surface area contributed by atoms with E-state index in [1.165, 1.54) is 19.2 Å². The Morgan fingerprint density at radius 1 is 0.905 bits per heavy atom. The highest BCUT2D eigenvalue weighted by Crippen LogP contribution is 2.42. The minimum atomic E-state index is -0.442. The summed E-state index contributed by atoms with van der Waals surface area (Å²) in [7, 11) is 1.54. The molecule has 0 saturated heterocycles. The van der Waals surface area contributed by atoms with Gasteiger partial charge in [-0.05, 0) is 60.9 Å². The third kappa shape index (κ3) is 6.06. The van der Waals surface area contributed by atoms with E-state index < -0.39 is 4.92 Å². The minimum Gasteiger partial charge on any atom is -0.493 e. The maximum atomic E-state index is 10.9. The van der Waals surface area contributed by atoms with Crippen LogP contribution in [-0.4, -0.2) is 18.2 Å². The number of nitrogens with zero attached hydrogens (tertiary/aromatic N) is 3. The number of hydrogen-bond donors (Lipinski definition) is 0. The largest absolute Gasteiger partial charge is 0.493 e. The van der Waals surface area contributed by atoms with E-state index in [0.29, 0.717) is 33.9 Å². The van der Waals surface area contributed by atoms with E-state index in [1.54, 1.807) is 30.5 Å². The number of aliphatic imine (C=N–C) groups is 1.